The number of nitrogens with one attached hydrogen (secondary N) is 1. The fourth-order valence-electron chi connectivity index (χ4n) is 2.59. The SMILES string of the molecule is CSc1ccc(-c2cc(C(=O)O)c3cc(NC(C)=O)ccc3n2)cc1. The molecule has 1 amide bonds. The van der Waals surface area contributed by atoms with Crippen LogP contribution in [0.15, 0.2) is 53.4 Å². The number of hydrogen-bond acceptors (Lipinski definition) is 4. The van der Waals surface area contributed by atoms with Gasteiger partial charge < -0.3 is 10.4 Å². The van der Waals surface area contributed by atoms with Gasteiger partial charge in [0.05, 0.1) is 16.8 Å². The maximum atomic E-state index is 11.7. The highest BCUT2D eigenvalue weighted by Crippen LogP contribution is 2.28. The molecule has 5 nitrogen and oxygen atoms in total. The summed E-state index contributed by atoms with van der Waals surface area (Å²) in [6.45, 7) is 1.40. The molecule has 0 unspecified atom stereocenters. The molecule has 0 fully saturated rings. The van der Waals surface area contributed by atoms with Crippen molar-refractivity contribution in [1.29, 1.82) is 0 Å². The van der Waals surface area contributed by atoms with Gasteiger partial charge in [0.15, 0.2) is 0 Å². The predicted octanol–water partition coefficient (Wildman–Crippen LogP) is 4.28. The van der Waals surface area contributed by atoms with E-state index in [0.29, 0.717) is 22.3 Å². The molecule has 0 saturated heterocycles. The van der Waals surface area contributed by atoms with E-state index in [1.165, 1.54) is 6.92 Å². The first-order chi connectivity index (χ1) is 12.0. The second-order valence-corrected chi connectivity index (χ2v) is 6.38. The van der Waals surface area contributed by atoms with Gasteiger partial charge >= 0.3 is 5.97 Å². The predicted molar refractivity (Wildman–Crippen MR) is 100 cm³/mol. The Balaban J connectivity index is 2.15. The number of carbonyl (C=O) groups excluding carboxylic acids is 1. The number of rotatable bonds is 4. The van der Waals surface area contributed by atoms with E-state index < -0.39 is 5.97 Å². The summed E-state index contributed by atoms with van der Waals surface area (Å²) in [7, 11) is 0. The third-order valence-electron chi connectivity index (χ3n) is 3.75. The van der Waals surface area contributed by atoms with Crippen molar-refractivity contribution in [3.05, 3.63) is 54.1 Å². The molecule has 3 rings (SSSR count). The van der Waals surface area contributed by atoms with Gasteiger partial charge in [-0.1, -0.05) is 12.1 Å². The van der Waals surface area contributed by atoms with Crippen LogP contribution in [-0.2, 0) is 4.79 Å². The number of carboxylic acids is 1. The number of benzene rings is 2. The number of aromatic carboxylic acids is 1. The molecule has 0 spiro atoms. The van der Waals surface area contributed by atoms with Gasteiger partial charge in [-0.2, -0.15) is 0 Å². The monoisotopic (exact) mass is 352 g/mol. The number of hydrogen-bond donors (Lipinski definition) is 2. The molecular weight excluding hydrogens is 336 g/mol. The fraction of sp³-hybridized carbons (Fsp3) is 0.105. The molecule has 0 aliphatic heterocycles. The second-order valence-electron chi connectivity index (χ2n) is 5.50. The second kappa shape index (κ2) is 6.94. The van der Waals surface area contributed by atoms with Gasteiger partial charge in [-0.25, -0.2) is 9.78 Å². The number of carboxylic acid groups (broad SMARTS) is 1. The van der Waals surface area contributed by atoms with Crippen molar-refractivity contribution in [1.82, 2.24) is 4.98 Å². The van der Waals surface area contributed by atoms with Gasteiger partial charge in [0.1, 0.15) is 0 Å². The Morgan fingerprint density at radius 2 is 1.80 bits per heavy atom. The standard InChI is InChI=1S/C19H16N2O3S/c1-11(22)20-13-5-8-17-15(9-13)16(19(23)24)10-18(21-17)12-3-6-14(25-2)7-4-12/h3-10H,1-2H3,(H,20,22)(H,23,24). The van der Waals surface area contributed by atoms with Gasteiger partial charge in [-0.15, -0.1) is 11.8 Å². The molecule has 1 heterocycles. The number of fused-ring (bicyclic) bond motifs is 1. The first kappa shape index (κ1) is 17.0. The summed E-state index contributed by atoms with van der Waals surface area (Å²) in [6.07, 6.45) is 2.00. The Morgan fingerprint density at radius 3 is 2.40 bits per heavy atom. The highest BCUT2D eigenvalue weighted by Gasteiger charge is 2.14. The molecule has 0 saturated carbocycles. The summed E-state index contributed by atoms with van der Waals surface area (Å²) in [5.41, 5.74) is 2.72. The zero-order chi connectivity index (χ0) is 18.0. The maximum absolute atomic E-state index is 11.7. The third-order valence-corrected chi connectivity index (χ3v) is 4.49. The van der Waals surface area contributed by atoms with E-state index in [4.69, 9.17) is 0 Å². The normalized spacial score (nSPS) is 10.6. The van der Waals surface area contributed by atoms with Crippen LogP contribution < -0.4 is 5.32 Å². The molecule has 2 aromatic carbocycles. The highest BCUT2D eigenvalue weighted by molar-refractivity contribution is 7.98. The molecule has 2 N–H and O–H groups in total. The van der Waals surface area contributed by atoms with Crippen molar-refractivity contribution in [2.24, 2.45) is 0 Å². The average Bonchev–Trinajstić information content (AvgIpc) is 2.60. The molecule has 0 aliphatic carbocycles. The van der Waals surface area contributed by atoms with Crippen molar-refractivity contribution in [2.45, 2.75) is 11.8 Å². The van der Waals surface area contributed by atoms with Crippen LogP contribution in [0.3, 0.4) is 0 Å². The molecule has 126 valence electrons. The van der Waals surface area contributed by atoms with Crippen LogP contribution in [0.1, 0.15) is 17.3 Å². The highest BCUT2D eigenvalue weighted by atomic mass is 32.2. The molecule has 1 aromatic heterocycles. The summed E-state index contributed by atoms with van der Waals surface area (Å²) >= 11 is 1.64. The summed E-state index contributed by atoms with van der Waals surface area (Å²) in [4.78, 5) is 28.6. The van der Waals surface area contributed by atoms with Crippen LogP contribution >= 0.6 is 11.8 Å². The molecule has 0 radical (unpaired) electrons. The van der Waals surface area contributed by atoms with Gasteiger partial charge in [0.2, 0.25) is 5.91 Å². The number of amides is 1. The number of pyridine rings is 1. The summed E-state index contributed by atoms with van der Waals surface area (Å²) in [5.74, 6) is -1.25. The molecular formula is C19H16N2O3S. The van der Waals surface area contributed by atoms with Gasteiger partial charge in [-0.3, -0.25) is 4.79 Å². The summed E-state index contributed by atoms with van der Waals surface area (Å²) in [6, 6.07) is 14.4. The van der Waals surface area contributed by atoms with Crippen molar-refractivity contribution in [3.8, 4) is 11.3 Å². The fourth-order valence-corrected chi connectivity index (χ4v) is 3.00. The molecule has 0 atom stereocenters. The first-order valence-corrected chi connectivity index (χ1v) is 8.80. The summed E-state index contributed by atoms with van der Waals surface area (Å²) < 4.78 is 0. The van der Waals surface area contributed by atoms with Crippen LogP contribution in [0.4, 0.5) is 5.69 Å². The average molecular weight is 352 g/mol. The molecule has 6 heteroatoms. The molecule has 25 heavy (non-hydrogen) atoms. The summed E-state index contributed by atoms with van der Waals surface area (Å²) in [5, 5.41) is 12.7. The van der Waals surface area contributed by atoms with E-state index in [1.54, 1.807) is 36.0 Å². The molecule has 3 aromatic rings. The Bertz CT molecular complexity index is 968. The van der Waals surface area contributed by atoms with Crippen LogP contribution in [0, 0.1) is 0 Å². The van der Waals surface area contributed by atoms with Crippen LogP contribution in [-0.4, -0.2) is 28.2 Å². The van der Waals surface area contributed by atoms with Crippen molar-refractivity contribution >= 4 is 40.2 Å². The van der Waals surface area contributed by atoms with Gasteiger partial charge in [0, 0.05) is 28.5 Å². The topological polar surface area (TPSA) is 79.3 Å². The lowest BCUT2D eigenvalue weighted by Gasteiger charge is -2.10. The van der Waals surface area contributed by atoms with Crippen molar-refractivity contribution < 1.29 is 14.7 Å². The number of carbonyl (C=O) groups is 2. The van der Waals surface area contributed by atoms with Gasteiger partial charge in [0.25, 0.3) is 0 Å². The van der Waals surface area contributed by atoms with Crippen LogP contribution in [0.25, 0.3) is 22.2 Å². The number of anilines is 1. The van der Waals surface area contributed by atoms with Gasteiger partial charge in [-0.05, 0) is 42.7 Å². The Kier molecular flexibility index (Phi) is 4.72. The van der Waals surface area contributed by atoms with Crippen LogP contribution in [0.2, 0.25) is 0 Å². The van der Waals surface area contributed by atoms with E-state index in [1.807, 2.05) is 30.5 Å². The van der Waals surface area contributed by atoms with E-state index in [0.717, 1.165) is 10.5 Å². The number of aromatic nitrogens is 1. The molecule has 0 bridgehead atoms. The van der Waals surface area contributed by atoms with E-state index in [2.05, 4.69) is 10.3 Å². The lowest BCUT2D eigenvalue weighted by atomic mass is 10.0. The minimum absolute atomic E-state index is 0.154. The third kappa shape index (κ3) is 3.64. The lowest BCUT2D eigenvalue weighted by Crippen LogP contribution is -2.06. The van der Waals surface area contributed by atoms with Crippen LogP contribution in [0.5, 0.6) is 0 Å². The zero-order valence-corrected chi connectivity index (χ0v) is 14.6. The zero-order valence-electron chi connectivity index (χ0n) is 13.7. The Hall–Kier alpha value is -2.86. The quantitative estimate of drug-likeness (QED) is 0.685. The minimum atomic E-state index is -1.03. The van der Waals surface area contributed by atoms with E-state index >= 15 is 0 Å². The first-order valence-electron chi connectivity index (χ1n) is 7.58. The van der Waals surface area contributed by atoms with E-state index in [9.17, 15) is 14.7 Å². The maximum Gasteiger partial charge on any atom is 0.336 e. The van der Waals surface area contributed by atoms with E-state index in [-0.39, 0.29) is 11.5 Å². The Morgan fingerprint density at radius 1 is 1.08 bits per heavy atom. The largest absolute Gasteiger partial charge is 0.478 e. The number of nitrogens with zero attached hydrogens (tertiary/aromatic N) is 1. The number of thioether (sulfide) groups is 1. The lowest BCUT2D eigenvalue weighted by molar-refractivity contribution is -0.114. The minimum Gasteiger partial charge on any atom is -0.478 e. The van der Waals surface area contributed by atoms with Crippen molar-refractivity contribution in [3.63, 3.8) is 0 Å². The Labute approximate surface area is 149 Å². The van der Waals surface area contributed by atoms with Crippen molar-refractivity contribution in [2.75, 3.05) is 11.6 Å². The molecule has 0 aliphatic rings. The smallest absolute Gasteiger partial charge is 0.336 e.